The maximum atomic E-state index is 15.5. The van der Waals surface area contributed by atoms with Crippen LogP contribution in [0.3, 0.4) is 0 Å². The van der Waals surface area contributed by atoms with E-state index in [1.165, 1.54) is 0 Å². The zero-order chi connectivity index (χ0) is 23.0. The van der Waals surface area contributed by atoms with E-state index < -0.39 is 30.7 Å². The zero-order valence-corrected chi connectivity index (χ0v) is 19.2. The number of nitrogens with zero attached hydrogens (tertiary/aromatic N) is 6. The fraction of sp³-hybridized carbons (Fsp3) is 0.429. The summed E-state index contributed by atoms with van der Waals surface area (Å²) in [5.41, 5.74) is 8.01. The molecule has 2 saturated heterocycles. The quantitative estimate of drug-likeness (QED) is 0.381. The Labute approximate surface area is 195 Å². The van der Waals surface area contributed by atoms with E-state index in [4.69, 9.17) is 5.73 Å². The molecular formula is C21H21BrF2N8O. The van der Waals surface area contributed by atoms with Crippen LogP contribution < -0.4 is 10.6 Å². The average Bonchev–Trinajstić information content (AvgIpc) is 3.45. The number of aliphatic hydroxyl groups is 1. The summed E-state index contributed by atoms with van der Waals surface area (Å²) in [4.78, 5) is 11.1. The lowest BCUT2D eigenvalue weighted by Gasteiger charge is -2.41. The summed E-state index contributed by atoms with van der Waals surface area (Å²) in [5, 5.41) is 21.8. The highest BCUT2D eigenvalue weighted by Gasteiger charge is 2.48. The lowest BCUT2D eigenvalue weighted by atomic mass is 9.96. The second kappa shape index (κ2) is 7.40. The number of alkyl halides is 1. The summed E-state index contributed by atoms with van der Waals surface area (Å²) >= 11 is 3.38. The van der Waals surface area contributed by atoms with Gasteiger partial charge in [0, 0.05) is 24.7 Å². The van der Waals surface area contributed by atoms with Gasteiger partial charge in [-0.1, -0.05) is 0 Å². The Balaban J connectivity index is 1.49. The van der Waals surface area contributed by atoms with Crippen molar-refractivity contribution in [3.8, 4) is 11.3 Å². The van der Waals surface area contributed by atoms with Gasteiger partial charge >= 0.3 is 0 Å². The molecule has 12 heteroatoms. The summed E-state index contributed by atoms with van der Waals surface area (Å²) in [6.07, 6.45) is 0.808. The number of piperidine rings is 1. The van der Waals surface area contributed by atoms with Gasteiger partial charge in [0.15, 0.2) is 5.82 Å². The van der Waals surface area contributed by atoms with Gasteiger partial charge in [0.2, 0.25) is 5.65 Å². The highest BCUT2D eigenvalue weighted by Crippen LogP contribution is 2.41. The van der Waals surface area contributed by atoms with Gasteiger partial charge in [-0.15, -0.1) is 0 Å². The van der Waals surface area contributed by atoms with Crippen molar-refractivity contribution in [1.29, 1.82) is 0 Å². The molecule has 2 aliphatic rings. The molecule has 0 spiro atoms. The number of nitrogens with two attached hydrogens (primary N) is 1. The zero-order valence-electron chi connectivity index (χ0n) is 17.6. The van der Waals surface area contributed by atoms with Crippen LogP contribution in [0.15, 0.2) is 16.7 Å². The van der Waals surface area contributed by atoms with E-state index in [0.29, 0.717) is 51.1 Å². The number of rotatable bonds is 3. The number of fused-ring (bicyclic) bond motifs is 4. The predicted octanol–water partition coefficient (Wildman–Crippen LogP) is 2.71. The van der Waals surface area contributed by atoms with Gasteiger partial charge < -0.3 is 15.7 Å². The van der Waals surface area contributed by atoms with Crippen molar-refractivity contribution in [3.63, 3.8) is 0 Å². The first kappa shape index (κ1) is 20.9. The Morgan fingerprint density at radius 3 is 2.91 bits per heavy atom. The lowest BCUT2D eigenvalue weighted by molar-refractivity contribution is 0.202. The first-order chi connectivity index (χ1) is 15.9. The normalized spacial score (nSPS) is 25.0. The molecular weight excluding hydrogens is 498 g/mol. The van der Waals surface area contributed by atoms with Crippen LogP contribution in [-0.4, -0.2) is 59.3 Å². The number of benzene rings is 1. The molecule has 6 rings (SSSR count). The number of H-pyrrole nitrogens is 1. The molecule has 4 aromatic rings. The third kappa shape index (κ3) is 2.93. The van der Waals surface area contributed by atoms with Crippen molar-refractivity contribution in [3.05, 3.63) is 28.2 Å². The molecule has 9 nitrogen and oxygen atoms in total. The van der Waals surface area contributed by atoms with Crippen LogP contribution in [0, 0.1) is 5.82 Å². The molecule has 0 radical (unpaired) electrons. The van der Waals surface area contributed by atoms with E-state index in [9.17, 15) is 9.50 Å². The minimum absolute atomic E-state index is 0.0373. The molecule has 1 aromatic carbocycles. The third-order valence-electron chi connectivity index (χ3n) is 6.84. The van der Waals surface area contributed by atoms with E-state index in [1.54, 1.807) is 23.9 Å². The van der Waals surface area contributed by atoms with E-state index in [0.717, 1.165) is 6.42 Å². The number of aromatic amines is 1. The van der Waals surface area contributed by atoms with Gasteiger partial charge in [0.05, 0.1) is 29.2 Å². The first-order valence-corrected chi connectivity index (χ1v) is 11.5. The number of hydrogen-bond donors (Lipinski definition) is 3. The van der Waals surface area contributed by atoms with E-state index in [1.807, 2.05) is 4.90 Å². The second-order valence-electron chi connectivity index (χ2n) is 8.71. The van der Waals surface area contributed by atoms with Crippen molar-refractivity contribution in [2.75, 3.05) is 4.90 Å². The number of halogens is 3. The van der Waals surface area contributed by atoms with Gasteiger partial charge in [-0.3, -0.25) is 9.78 Å². The number of aliphatic hydroxyl groups excluding tert-OH is 1. The van der Waals surface area contributed by atoms with Gasteiger partial charge in [0.25, 0.3) is 0 Å². The average molecular weight is 519 g/mol. The number of aryl methyl sites for hydroxylation is 1. The summed E-state index contributed by atoms with van der Waals surface area (Å²) in [5.74, 6) is -0.0613. The molecule has 2 aliphatic heterocycles. The summed E-state index contributed by atoms with van der Waals surface area (Å²) in [6.45, 7) is -0.391. The molecule has 2 bridgehead atoms. The molecule has 4 atom stereocenters. The van der Waals surface area contributed by atoms with Crippen LogP contribution >= 0.6 is 15.9 Å². The Hall–Kier alpha value is -2.70. The van der Waals surface area contributed by atoms with Crippen LogP contribution in [-0.2, 0) is 13.7 Å². The fourth-order valence-electron chi connectivity index (χ4n) is 5.28. The van der Waals surface area contributed by atoms with Crippen molar-refractivity contribution < 1.29 is 13.9 Å². The van der Waals surface area contributed by atoms with Crippen molar-refractivity contribution in [2.24, 2.45) is 12.8 Å². The maximum Gasteiger partial charge on any atom is 0.202 e. The van der Waals surface area contributed by atoms with Crippen LogP contribution in [0.4, 0.5) is 14.6 Å². The molecule has 0 aliphatic carbocycles. The van der Waals surface area contributed by atoms with Crippen LogP contribution in [0.2, 0.25) is 0 Å². The van der Waals surface area contributed by atoms with Gasteiger partial charge in [-0.05, 0) is 47.3 Å². The predicted molar refractivity (Wildman–Crippen MR) is 122 cm³/mol. The van der Waals surface area contributed by atoms with Gasteiger partial charge in [0.1, 0.15) is 27.8 Å². The Kier molecular flexibility index (Phi) is 4.68. The molecule has 0 amide bonds. The Morgan fingerprint density at radius 2 is 2.12 bits per heavy atom. The second-order valence-corrected chi connectivity index (χ2v) is 9.46. The smallest absolute Gasteiger partial charge is 0.202 e. The molecule has 5 heterocycles. The van der Waals surface area contributed by atoms with Crippen molar-refractivity contribution in [2.45, 2.75) is 50.2 Å². The van der Waals surface area contributed by atoms with E-state index in [-0.39, 0.29) is 17.3 Å². The number of aromatic nitrogens is 6. The minimum Gasteiger partial charge on any atom is -0.390 e. The van der Waals surface area contributed by atoms with Crippen LogP contribution in [0.25, 0.3) is 33.3 Å². The molecule has 172 valence electrons. The van der Waals surface area contributed by atoms with E-state index in [2.05, 4.69) is 41.2 Å². The highest BCUT2D eigenvalue weighted by atomic mass is 79.9. The van der Waals surface area contributed by atoms with Gasteiger partial charge in [-0.25, -0.2) is 18.7 Å². The monoisotopic (exact) mass is 518 g/mol. The molecule has 0 unspecified atom stereocenters. The largest absolute Gasteiger partial charge is 0.390 e. The van der Waals surface area contributed by atoms with E-state index >= 15 is 4.39 Å². The lowest BCUT2D eigenvalue weighted by Crippen LogP contribution is -2.56. The molecule has 3 aromatic heterocycles. The van der Waals surface area contributed by atoms with Crippen molar-refractivity contribution in [1.82, 2.24) is 29.9 Å². The minimum atomic E-state index is -1.18. The fourth-order valence-corrected chi connectivity index (χ4v) is 5.74. The number of nitrogens with one attached hydrogen (secondary N) is 1. The third-order valence-corrected chi connectivity index (χ3v) is 7.75. The standard InChI is InChI=1S/C21H21BrF2N8O/c1-31-19(22)14-11(30-31)4-3-9(15(14)23)17-18-20(29-28-17)27-21(12(7-33)26-18)32-8-2-5-13(32)16(24)10(25)6-8/h3-4,8,10,13,16,33H,2,5-7,25H2,1H3,(H,27,28,29)/t8-,10-,13+,16-/m0/s1. The highest BCUT2D eigenvalue weighted by molar-refractivity contribution is 9.10. The van der Waals surface area contributed by atoms with Crippen LogP contribution in [0.5, 0.6) is 0 Å². The van der Waals surface area contributed by atoms with Gasteiger partial charge in [-0.2, -0.15) is 10.2 Å². The molecule has 0 saturated carbocycles. The van der Waals surface area contributed by atoms with Crippen LogP contribution in [0.1, 0.15) is 25.0 Å². The Bertz CT molecular complexity index is 1400. The summed E-state index contributed by atoms with van der Waals surface area (Å²) < 4.78 is 32.4. The van der Waals surface area contributed by atoms with Crippen molar-refractivity contribution >= 4 is 43.8 Å². The number of anilines is 1. The number of hydrogen-bond acceptors (Lipinski definition) is 7. The molecule has 4 N–H and O–H groups in total. The topological polar surface area (TPSA) is 122 Å². The SMILES string of the molecule is Cn1nc2ccc(-c3[nH]nc4nc(N5[C@H]6CC[C@@H]5[C@@H](F)[C@@H](N)C6)c(CO)nc34)c(F)c2c1Br. The molecule has 33 heavy (non-hydrogen) atoms. The molecule has 2 fully saturated rings. The summed E-state index contributed by atoms with van der Waals surface area (Å²) in [7, 11) is 1.72. The summed E-state index contributed by atoms with van der Waals surface area (Å²) in [6, 6.07) is 2.45. The first-order valence-electron chi connectivity index (χ1n) is 10.7. The maximum absolute atomic E-state index is 15.5. The Morgan fingerprint density at radius 1 is 1.30 bits per heavy atom.